The van der Waals surface area contributed by atoms with E-state index in [0.717, 1.165) is 23.3 Å². The van der Waals surface area contributed by atoms with E-state index in [-0.39, 0.29) is 25.4 Å². The van der Waals surface area contributed by atoms with Crippen molar-refractivity contribution in [3.8, 4) is 5.75 Å². The second-order valence-corrected chi connectivity index (χ2v) is 13.9. The number of allylic oxidation sites excluding steroid dienone is 2. The van der Waals surface area contributed by atoms with Crippen LogP contribution in [0.4, 0.5) is 5.69 Å². The largest absolute Gasteiger partial charge is 0.439 e. The van der Waals surface area contributed by atoms with Crippen LogP contribution in [-0.4, -0.2) is 44.0 Å². The fourth-order valence-electron chi connectivity index (χ4n) is 4.98. The summed E-state index contributed by atoms with van der Waals surface area (Å²) in [5, 5.41) is 0.485. The van der Waals surface area contributed by atoms with E-state index in [9.17, 15) is 25.9 Å². The molecule has 3 aromatic rings. The molecule has 10 nitrogen and oxygen atoms in total. The first-order valence-electron chi connectivity index (χ1n) is 14.0. The quantitative estimate of drug-likeness (QED) is 0.167. The zero-order valence-electron chi connectivity index (χ0n) is 24.0. The molecule has 232 valence electrons. The van der Waals surface area contributed by atoms with Gasteiger partial charge in [0.05, 0.1) is 17.5 Å². The van der Waals surface area contributed by atoms with Crippen LogP contribution in [0.15, 0.2) is 76.7 Å². The molecule has 1 aliphatic heterocycles. The summed E-state index contributed by atoms with van der Waals surface area (Å²) in [6.45, 7) is 4.28. The van der Waals surface area contributed by atoms with E-state index in [2.05, 4.69) is 19.1 Å². The van der Waals surface area contributed by atoms with Crippen LogP contribution in [0.1, 0.15) is 56.2 Å². The van der Waals surface area contributed by atoms with E-state index >= 15 is 0 Å². The summed E-state index contributed by atoms with van der Waals surface area (Å²) in [5.74, 6) is 0.685. The van der Waals surface area contributed by atoms with E-state index in [4.69, 9.17) is 20.8 Å². The molecule has 0 amide bonds. The lowest BCUT2D eigenvalue weighted by atomic mass is 9.92. The summed E-state index contributed by atoms with van der Waals surface area (Å²) in [4.78, 5) is 1.79. The van der Waals surface area contributed by atoms with E-state index in [1.165, 1.54) is 0 Å². The highest BCUT2D eigenvalue weighted by Crippen LogP contribution is 2.41. The summed E-state index contributed by atoms with van der Waals surface area (Å²) in [6.07, 6.45) is 7.38. The molecule has 2 heterocycles. The first-order valence-corrected chi connectivity index (χ1v) is 17.6. The summed E-state index contributed by atoms with van der Waals surface area (Å²) in [7, 11) is -8.36. The molecule has 0 radical (unpaired) electrons. The number of aromatic nitrogens is 1. The van der Waals surface area contributed by atoms with Gasteiger partial charge < -0.3 is 14.1 Å². The average molecular weight is 652 g/mol. The van der Waals surface area contributed by atoms with Gasteiger partial charge in [0.25, 0.3) is 20.2 Å². The maximum absolute atomic E-state index is 11.7. The highest BCUT2D eigenvalue weighted by atomic mass is 35.5. The van der Waals surface area contributed by atoms with Crippen molar-refractivity contribution in [1.82, 2.24) is 0 Å². The number of anilines is 1. The fourth-order valence-corrected chi connectivity index (χ4v) is 6.06. The SMILES string of the molecule is CCC(/C=C1\Oc2ccc(Cl)cc2N1CCCS(=O)(=O)O)=C\c1occ(CC(CC)c2ccccc2)[n+]1CCS(=O)(=O)O. The maximum atomic E-state index is 11.7. The minimum Gasteiger partial charge on any atom is -0.439 e. The predicted molar refractivity (Wildman–Crippen MR) is 165 cm³/mol. The molecule has 0 saturated carbocycles. The van der Waals surface area contributed by atoms with Gasteiger partial charge in [-0.2, -0.15) is 21.4 Å². The molecule has 1 aliphatic rings. The van der Waals surface area contributed by atoms with Crippen molar-refractivity contribution in [2.24, 2.45) is 0 Å². The minimum absolute atomic E-state index is 0.00249. The van der Waals surface area contributed by atoms with Gasteiger partial charge in [-0.25, -0.2) is 0 Å². The highest BCUT2D eigenvalue weighted by molar-refractivity contribution is 7.86. The third kappa shape index (κ3) is 9.16. The van der Waals surface area contributed by atoms with Crippen LogP contribution in [0.2, 0.25) is 5.02 Å². The molecule has 2 N–H and O–H groups in total. The Bertz CT molecular complexity index is 1700. The van der Waals surface area contributed by atoms with E-state index in [1.54, 1.807) is 46.1 Å². The standard InChI is InChI=1S/C30H35ClN2O8S2/c1-3-22(18-30-33(13-8-15-42(34,35)36)27-20-25(31)11-12-28(27)41-30)17-29-32(14-16-43(37,38)39)26(21-40-29)19-23(4-2)24-9-6-5-7-10-24/h5-7,9-12,17-18,20-21,23H,3-4,8,13-16,19H2,1-2H3,(H-,34,35,36,37,38,39)/p+1. The Morgan fingerprint density at radius 3 is 2.42 bits per heavy atom. The number of ether oxygens (including phenoxy) is 1. The van der Waals surface area contributed by atoms with Gasteiger partial charge >= 0.3 is 5.89 Å². The van der Waals surface area contributed by atoms with Crippen LogP contribution in [0.5, 0.6) is 5.75 Å². The van der Waals surface area contributed by atoms with Crippen LogP contribution in [0.3, 0.4) is 0 Å². The van der Waals surface area contributed by atoms with Gasteiger partial charge in [0.15, 0.2) is 18.6 Å². The second kappa shape index (κ2) is 14.1. The summed E-state index contributed by atoms with van der Waals surface area (Å²) in [6, 6.07) is 15.2. The number of benzene rings is 2. The third-order valence-corrected chi connectivity index (χ3v) is 8.96. The minimum atomic E-state index is -4.23. The normalized spacial score (nSPS) is 15.5. The van der Waals surface area contributed by atoms with E-state index in [1.807, 2.05) is 25.1 Å². The molecular formula is C30H36ClN2O8S2+. The summed E-state index contributed by atoms with van der Waals surface area (Å²) in [5.41, 5.74) is 3.40. The average Bonchev–Trinajstić information content (AvgIpc) is 3.49. The molecule has 0 aliphatic carbocycles. The number of fused-ring (bicyclic) bond motifs is 1. The first kappa shape index (κ1) is 32.7. The summed E-state index contributed by atoms with van der Waals surface area (Å²) < 4.78 is 78.5. The lowest BCUT2D eigenvalue weighted by molar-refractivity contribution is -0.704. The Morgan fingerprint density at radius 1 is 1.05 bits per heavy atom. The van der Waals surface area contributed by atoms with Gasteiger partial charge in [0.2, 0.25) is 11.6 Å². The number of hydrogen-bond acceptors (Lipinski definition) is 7. The molecule has 1 aromatic heterocycles. The summed E-state index contributed by atoms with van der Waals surface area (Å²) >= 11 is 6.23. The molecular weight excluding hydrogens is 616 g/mol. The molecule has 1 unspecified atom stereocenters. The van der Waals surface area contributed by atoms with Crippen LogP contribution >= 0.6 is 11.6 Å². The Balaban J connectivity index is 1.68. The molecule has 4 rings (SSSR count). The zero-order chi connectivity index (χ0) is 31.2. The van der Waals surface area contributed by atoms with Crippen molar-refractivity contribution >= 4 is 43.6 Å². The molecule has 0 fully saturated rings. The lowest BCUT2D eigenvalue weighted by Crippen LogP contribution is -2.42. The fraction of sp³-hybridized carbons (Fsp3) is 0.367. The maximum Gasteiger partial charge on any atom is 0.373 e. The number of rotatable bonds is 14. The monoisotopic (exact) mass is 651 g/mol. The van der Waals surface area contributed by atoms with Gasteiger partial charge in [0.1, 0.15) is 5.75 Å². The van der Waals surface area contributed by atoms with Crippen molar-refractivity contribution in [2.75, 3.05) is 23.0 Å². The van der Waals surface area contributed by atoms with Gasteiger partial charge in [-0.3, -0.25) is 9.11 Å². The zero-order valence-corrected chi connectivity index (χ0v) is 26.4. The second-order valence-electron chi connectivity index (χ2n) is 10.3. The Kier molecular flexibility index (Phi) is 10.7. The molecule has 0 saturated heterocycles. The Morgan fingerprint density at radius 2 is 1.77 bits per heavy atom. The van der Waals surface area contributed by atoms with Crippen molar-refractivity contribution in [2.45, 2.75) is 52.0 Å². The molecule has 0 bridgehead atoms. The smallest absolute Gasteiger partial charge is 0.373 e. The Hall–Kier alpha value is -3.16. The number of halogens is 1. The predicted octanol–water partition coefficient (Wildman–Crippen LogP) is 5.66. The van der Waals surface area contributed by atoms with Gasteiger partial charge in [-0.15, -0.1) is 0 Å². The van der Waals surface area contributed by atoms with Gasteiger partial charge in [0, 0.05) is 24.1 Å². The van der Waals surface area contributed by atoms with Crippen LogP contribution in [0.25, 0.3) is 6.08 Å². The number of nitrogens with zero attached hydrogens (tertiary/aromatic N) is 2. The number of hydrogen-bond donors (Lipinski definition) is 2. The van der Waals surface area contributed by atoms with Crippen molar-refractivity contribution < 1.29 is 39.7 Å². The Labute approximate surface area is 257 Å². The highest BCUT2D eigenvalue weighted by Gasteiger charge is 2.29. The van der Waals surface area contributed by atoms with Crippen molar-refractivity contribution in [1.29, 1.82) is 0 Å². The third-order valence-electron chi connectivity index (χ3n) is 7.22. The van der Waals surface area contributed by atoms with Gasteiger partial charge in [-0.05, 0) is 54.5 Å². The van der Waals surface area contributed by atoms with Crippen molar-refractivity contribution in [3.63, 3.8) is 0 Å². The van der Waals surface area contributed by atoms with E-state index < -0.39 is 31.7 Å². The van der Waals surface area contributed by atoms with Crippen LogP contribution < -0.4 is 14.2 Å². The molecule has 0 spiro atoms. The molecule has 43 heavy (non-hydrogen) atoms. The van der Waals surface area contributed by atoms with Crippen LogP contribution in [-0.2, 0) is 33.2 Å². The molecule has 1 atom stereocenters. The topological polar surface area (TPSA) is 138 Å². The van der Waals surface area contributed by atoms with E-state index in [0.29, 0.717) is 41.1 Å². The lowest BCUT2D eigenvalue weighted by Gasteiger charge is -2.18. The molecule has 13 heteroatoms. The first-order chi connectivity index (χ1) is 20.4. The van der Waals surface area contributed by atoms with Gasteiger partial charge in [-0.1, -0.05) is 55.8 Å². The molecule has 2 aromatic carbocycles. The van der Waals surface area contributed by atoms with Crippen LogP contribution in [0, 0.1) is 0 Å². The van der Waals surface area contributed by atoms with Crippen molar-refractivity contribution in [3.05, 3.63) is 94.5 Å². The number of oxazole rings is 1.